The first kappa shape index (κ1) is 23.9. The predicted octanol–water partition coefficient (Wildman–Crippen LogP) is 3.91. The van der Waals surface area contributed by atoms with Gasteiger partial charge in [-0.15, -0.1) is 0 Å². The van der Waals surface area contributed by atoms with Gasteiger partial charge in [-0.25, -0.2) is 0 Å². The Balaban J connectivity index is 0.000000841. The Hall–Kier alpha value is 0.920. The number of rotatable bonds is 6. The fourth-order valence-corrected chi connectivity index (χ4v) is 3.59. The van der Waals surface area contributed by atoms with Crippen LogP contribution in [0.25, 0.3) is 0 Å². The number of aromatic nitrogens is 1. The lowest BCUT2D eigenvalue weighted by molar-refractivity contribution is 0.216. The van der Waals surface area contributed by atoms with E-state index in [0.717, 1.165) is 0 Å². The van der Waals surface area contributed by atoms with Crippen molar-refractivity contribution in [1.29, 1.82) is 0 Å². The lowest BCUT2D eigenvalue weighted by Crippen LogP contribution is -2.03. The maximum absolute atomic E-state index is 7.56. The molecule has 0 aliphatic heterocycles. The highest BCUT2D eigenvalue weighted by Gasteiger charge is 2.24. The zero-order chi connectivity index (χ0) is 18.3. The molecule has 0 unspecified atom stereocenters. The van der Waals surface area contributed by atoms with E-state index < -0.39 is 13.4 Å². The minimum Gasteiger partial charge on any atom is -0.404 e. The molecule has 134 valence electrons. The molecule has 0 bridgehead atoms. The summed E-state index contributed by atoms with van der Waals surface area (Å²) in [5.74, 6) is 0.0521. The average molecular weight is 465 g/mol. The Bertz CT molecular complexity index is 599. The third-order valence-corrected chi connectivity index (χ3v) is 4.97. The Morgan fingerprint density at radius 3 is 1.87 bits per heavy atom. The van der Waals surface area contributed by atoms with Gasteiger partial charge >= 0.3 is 13.4 Å². The number of hydrogen-bond donors (Lipinski definition) is 3. The monoisotopic (exact) mass is 463 g/mol. The summed E-state index contributed by atoms with van der Waals surface area (Å²) in [5, 5.41) is 0.499. The second-order valence-corrected chi connectivity index (χ2v) is 10.0. The molecule has 7 nitrogen and oxygen atoms in total. The SMILES string of the molecule is CCOP(=S)(OCC)Oc1nc(Cl)c(Cl)cc1Cl.OP(O)(O)=S. The van der Waals surface area contributed by atoms with Gasteiger partial charge in [0.2, 0.25) is 5.88 Å². The highest BCUT2D eigenvalue weighted by molar-refractivity contribution is 8.07. The van der Waals surface area contributed by atoms with E-state index in [1.54, 1.807) is 13.8 Å². The van der Waals surface area contributed by atoms with E-state index in [2.05, 4.69) is 16.8 Å². The molecule has 23 heavy (non-hydrogen) atoms. The first-order valence-electron chi connectivity index (χ1n) is 5.80. The second kappa shape index (κ2) is 10.8. The molecule has 1 aromatic heterocycles. The summed E-state index contributed by atoms with van der Waals surface area (Å²) in [4.78, 5) is 26.6. The minimum absolute atomic E-state index is 0.0521. The molecule has 1 aromatic rings. The lowest BCUT2D eigenvalue weighted by Gasteiger charge is -2.20. The van der Waals surface area contributed by atoms with E-state index in [-0.39, 0.29) is 21.1 Å². The molecule has 1 heterocycles. The summed E-state index contributed by atoms with van der Waals surface area (Å²) >= 11 is 26.3. The molecule has 0 saturated heterocycles. The Morgan fingerprint density at radius 2 is 1.48 bits per heavy atom. The highest BCUT2D eigenvalue weighted by atomic mass is 35.5. The van der Waals surface area contributed by atoms with E-state index in [0.29, 0.717) is 13.2 Å². The molecule has 14 heteroatoms. The number of pyridine rings is 1. The second-order valence-electron chi connectivity index (χ2n) is 3.44. The van der Waals surface area contributed by atoms with Crippen LogP contribution in [0.15, 0.2) is 6.07 Å². The van der Waals surface area contributed by atoms with Crippen molar-refractivity contribution in [2.75, 3.05) is 13.2 Å². The van der Waals surface area contributed by atoms with Gasteiger partial charge in [0.1, 0.15) is 5.02 Å². The van der Waals surface area contributed by atoms with Crippen LogP contribution in [-0.4, -0.2) is 32.9 Å². The van der Waals surface area contributed by atoms with Gasteiger partial charge in [0.25, 0.3) is 0 Å². The molecule has 0 radical (unpaired) electrons. The molecule has 0 aliphatic rings. The van der Waals surface area contributed by atoms with Crippen molar-refractivity contribution in [1.82, 2.24) is 4.98 Å². The van der Waals surface area contributed by atoms with Crippen molar-refractivity contribution in [2.24, 2.45) is 0 Å². The summed E-state index contributed by atoms with van der Waals surface area (Å²) in [6, 6.07) is 1.42. The van der Waals surface area contributed by atoms with Gasteiger partial charge in [-0.3, -0.25) is 9.05 Å². The summed E-state index contributed by atoms with van der Waals surface area (Å²) < 4.78 is 16.1. The summed E-state index contributed by atoms with van der Waals surface area (Å²) in [5.41, 5.74) is 0. The van der Waals surface area contributed by atoms with Crippen LogP contribution in [0.4, 0.5) is 0 Å². The van der Waals surface area contributed by atoms with Crippen LogP contribution in [0, 0.1) is 0 Å². The molecule has 0 fully saturated rings. The smallest absolute Gasteiger partial charge is 0.381 e. The van der Waals surface area contributed by atoms with Crippen molar-refractivity contribution in [3.63, 3.8) is 0 Å². The van der Waals surface area contributed by atoms with Crippen LogP contribution >= 0.6 is 48.2 Å². The third kappa shape index (κ3) is 11.2. The largest absolute Gasteiger partial charge is 0.404 e. The Kier molecular flexibility index (Phi) is 11.2. The first-order chi connectivity index (χ1) is 10.4. The van der Waals surface area contributed by atoms with Gasteiger partial charge in [-0.2, -0.15) is 4.98 Å². The van der Waals surface area contributed by atoms with Crippen LogP contribution in [0.3, 0.4) is 0 Å². The number of halogens is 3. The van der Waals surface area contributed by atoms with E-state index in [1.165, 1.54) is 6.07 Å². The Labute approximate surface area is 159 Å². The molecule has 3 N–H and O–H groups in total. The maximum Gasteiger partial charge on any atom is 0.381 e. The van der Waals surface area contributed by atoms with E-state index in [9.17, 15) is 0 Å². The van der Waals surface area contributed by atoms with Gasteiger partial charge in [0.05, 0.1) is 18.2 Å². The third-order valence-electron chi connectivity index (χ3n) is 1.63. The fraction of sp³-hybridized carbons (Fsp3) is 0.444. The molecular weight excluding hydrogens is 451 g/mol. The minimum atomic E-state index is -3.81. The van der Waals surface area contributed by atoms with Crippen LogP contribution in [0.1, 0.15) is 13.8 Å². The number of nitrogens with zero attached hydrogens (tertiary/aromatic N) is 1. The summed E-state index contributed by atoms with van der Waals surface area (Å²) in [6.45, 7) is -2.44. The topological polar surface area (TPSA) is 101 Å². The van der Waals surface area contributed by atoms with Gasteiger partial charge in [0.15, 0.2) is 5.15 Å². The van der Waals surface area contributed by atoms with Crippen molar-refractivity contribution in [2.45, 2.75) is 13.8 Å². The van der Waals surface area contributed by atoms with E-state index in [1.807, 2.05) is 0 Å². The zero-order valence-electron chi connectivity index (χ0n) is 11.8. The van der Waals surface area contributed by atoms with Gasteiger partial charge in [-0.05, 0) is 31.7 Å². The highest BCUT2D eigenvalue weighted by Crippen LogP contribution is 2.51. The molecule has 0 aliphatic carbocycles. The normalized spacial score (nSPS) is 11.7. The van der Waals surface area contributed by atoms with Crippen LogP contribution < -0.4 is 4.52 Å². The van der Waals surface area contributed by atoms with Crippen molar-refractivity contribution < 1.29 is 28.3 Å². The van der Waals surface area contributed by atoms with E-state index in [4.69, 9.17) is 74.9 Å². The average Bonchev–Trinajstić information content (AvgIpc) is 2.34. The molecule has 0 atom stereocenters. The van der Waals surface area contributed by atoms with E-state index >= 15 is 0 Å². The predicted molar refractivity (Wildman–Crippen MR) is 98.4 cm³/mol. The standard InChI is InChI=1S/C9H11Cl3NO3PS.H3O3PS/c1-3-14-17(18,15-4-2)16-9-7(11)5-6(10)8(12)13-9;1-4(2,3)5/h5H,3-4H2,1-2H3;(H3,1,2,3,5). The van der Waals surface area contributed by atoms with Crippen molar-refractivity contribution in [3.05, 3.63) is 21.3 Å². The molecule has 1 rings (SSSR count). The van der Waals surface area contributed by atoms with Gasteiger partial charge < -0.3 is 19.2 Å². The Morgan fingerprint density at radius 1 is 1.04 bits per heavy atom. The van der Waals surface area contributed by atoms with Gasteiger partial charge in [0, 0.05) is 11.8 Å². The van der Waals surface area contributed by atoms with Crippen molar-refractivity contribution >= 4 is 71.9 Å². The van der Waals surface area contributed by atoms with Crippen LogP contribution in [0.2, 0.25) is 15.2 Å². The first-order valence-corrected chi connectivity index (χ1v) is 12.2. The summed E-state index contributed by atoms with van der Waals surface area (Å²) in [7, 11) is 0. The molecule has 0 aromatic carbocycles. The zero-order valence-corrected chi connectivity index (χ0v) is 17.5. The van der Waals surface area contributed by atoms with Gasteiger partial charge in [-0.1, -0.05) is 34.8 Å². The maximum atomic E-state index is 7.56. The summed E-state index contributed by atoms with van der Waals surface area (Å²) in [6.07, 6.45) is 0. The van der Waals surface area contributed by atoms with Crippen LogP contribution in [0.5, 0.6) is 5.88 Å². The number of hydrogen-bond acceptors (Lipinski definition) is 6. The van der Waals surface area contributed by atoms with Crippen LogP contribution in [-0.2, 0) is 32.7 Å². The fourth-order valence-electron chi connectivity index (χ4n) is 1.00. The van der Waals surface area contributed by atoms with Crippen molar-refractivity contribution in [3.8, 4) is 5.88 Å². The molecule has 0 spiro atoms. The molecular formula is C9H14Cl3NO6P2S2. The molecule has 0 saturated carbocycles. The molecule has 0 amide bonds. The quantitative estimate of drug-likeness (QED) is 0.427. The lowest BCUT2D eigenvalue weighted by atomic mass is 10.5.